The molecule has 2 aromatic rings. The average Bonchev–Trinajstić information content (AvgIpc) is 3.09. The summed E-state index contributed by atoms with van der Waals surface area (Å²) in [4.78, 5) is 31.6. The number of halogens is 2. The molecule has 6 nitrogen and oxygen atoms in total. The van der Waals surface area contributed by atoms with Gasteiger partial charge in [-0.3, -0.25) is 14.6 Å². The van der Waals surface area contributed by atoms with Crippen molar-refractivity contribution in [2.24, 2.45) is 11.3 Å². The zero-order valence-electron chi connectivity index (χ0n) is 15.7. The van der Waals surface area contributed by atoms with E-state index in [1.807, 2.05) is 0 Å². The second kappa shape index (κ2) is 7.87. The molecular weight excluding hydrogens is 380 g/mol. The highest BCUT2D eigenvalue weighted by molar-refractivity contribution is 5.97. The fourth-order valence-electron chi connectivity index (χ4n) is 4.25. The van der Waals surface area contributed by atoms with Crippen molar-refractivity contribution in [3.05, 3.63) is 59.9 Å². The number of likely N-dealkylation sites (tertiary alicyclic amines) is 1. The van der Waals surface area contributed by atoms with Crippen LogP contribution in [0.5, 0.6) is 0 Å². The predicted octanol–water partition coefficient (Wildman–Crippen LogP) is 2.87. The van der Waals surface area contributed by atoms with Crippen molar-refractivity contribution in [2.75, 3.05) is 31.6 Å². The molecule has 1 aromatic heterocycles. The quantitative estimate of drug-likeness (QED) is 0.859. The average molecular weight is 401 g/mol. The molecule has 2 fully saturated rings. The molecule has 0 aliphatic carbocycles. The SMILES string of the molecule is O=C(Nc1cccnc1)[C@@H]1CN(C(=O)c2ccc(F)c(F)c2)CC12CCOCC2. The van der Waals surface area contributed by atoms with Gasteiger partial charge >= 0.3 is 0 Å². The maximum Gasteiger partial charge on any atom is 0.254 e. The smallest absolute Gasteiger partial charge is 0.254 e. The van der Waals surface area contributed by atoms with E-state index in [1.165, 1.54) is 6.07 Å². The topological polar surface area (TPSA) is 71.5 Å². The highest BCUT2D eigenvalue weighted by Gasteiger charge is 2.51. The van der Waals surface area contributed by atoms with Gasteiger partial charge in [-0.15, -0.1) is 0 Å². The summed E-state index contributed by atoms with van der Waals surface area (Å²) in [6.07, 6.45) is 4.49. The number of aromatic nitrogens is 1. The summed E-state index contributed by atoms with van der Waals surface area (Å²) < 4.78 is 32.3. The summed E-state index contributed by atoms with van der Waals surface area (Å²) in [5.41, 5.74) is 0.253. The molecule has 2 aliphatic heterocycles. The van der Waals surface area contributed by atoms with Crippen LogP contribution in [0, 0.1) is 23.0 Å². The maximum absolute atomic E-state index is 13.6. The van der Waals surface area contributed by atoms with Gasteiger partial charge in [0.15, 0.2) is 11.6 Å². The van der Waals surface area contributed by atoms with Crippen molar-refractivity contribution >= 4 is 17.5 Å². The number of anilines is 1. The fraction of sp³-hybridized carbons (Fsp3) is 0.381. The first-order valence-corrected chi connectivity index (χ1v) is 9.51. The Balaban J connectivity index is 1.57. The number of nitrogens with one attached hydrogen (secondary N) is 1. The molecule has 0 saturated carbocycles. The Morgan fingerprint density at radius 2 is 1.97 bits per heavy atom. The van der Waals surface area contributed by atoms with Crippen LogP contribution in [0.2, 0.25) is 0 Å². The van der Waals surface area contributed by atoms with E-state index in [-0.39, 0.29) is 18.0 Å². The molecule has 152 valence electrons. The number of ether oxygens (including phenoxy) is 1. The number of carbonyl (C=O) groups is 2. The Kier molecular flexibility index (Phi) is 5.27. The van der Waals surface area contributed by atoms with Gasteiger partial charge in [0.25, 0.3) is 5.91 Å². The van der Waals surface area contributed by atoms with Crippen LogP contribution >= 0.6 is 0 Å². The summed E-state index contributed by atoms with van der Waals surface area (Å²) in [6, 6.07) is 6.58. The van der Waals surface area contributed by atoms with Crippen LogP contribution in [0.4, 0.5) is 14.5 Å². The Hall–Kier alpha value is -2.87. The van der Waals surface area contributed by atoms with E-state index in [2.05, 4.69) is 10.3 Å². The zero-order valence-corrected chi connectivity index (χ0v) is 15.7. The van der Waals surface area contributed by atoms with E-state index in [4.69, 9.17) is 4.74 Å². The van der Waals surface area contributed by atoms with E-state index >= 15 is 0 Å². The lowest BCUT2D eigenvalue weighted by Gasteiger charge is -2.37. The largest absolute Gasteiger partial charge is 0.381 e. The highest BCUT2D eigenvalue weighted by atomic mass is 19.2. The molecule has 1 atom stereocenters. The van der Waals surface area contributed by atoms with Crippen molar-refractivity contribution in [3.63, 3.8) is 0 Å². The Morgan fingerprint density at radius 1 is 1.17 bits per heavy atom. The normalized spacial score (nSPS) is 20.6. The Morgan fingerprint density at radius 3 is 2.66 bits per heavy atom. The Bertz CT molecular complexity index is 917. The van der Waals surface area contributed by atoms with E-state index < -0.39 is 28.9 Å². The first-order chi connectivity index (χ1) is 14.0. The highest BCUT2D eigenvalue weighted by Crippen LogP contribution is 2.45. The molecule has 1 spiro atoms. The summed E-state index contributed by atoms with van der Waals surface area (Å²) in [7, 11) is 0. The second-order valence-corrected chi connectivity index (χ2v) is 7.57. The first kappa shape index (κ1) is 19.4. The van der Waals surface area contributed by atoms with Crippen LogP contribution in [-0.2, 0) is 9.53 Å². The van der Waals surface area contributed by atoms with E-state index in [9.17, 15) is 18.4 Å². The van der Waals surface area contributed by atoms with Gasteiger partial charge in [-0.1, -0.05) is 0 Å². The number of hydrogen-bond acceptors (Lipinski definition) is 4. The standard InChI is InChI=1S/C21H21F2N3O3/c22-17-4-3-14(10-18(17)23)20(28)26-12-16(21(13-26)5-8-29-9-6-21)19(27)25-15-2-1-7-24-11-15/h1-4,7,10-11,16H,5-6,8-9,12-13H2,(H,25,27)/t16-/m0/s1. The van der Waals surface area contributed by atoms with Crippen LogP contribution in [0.25, 0.3) is 0 Å². The van der Waals surface area contributed by atoms with E-state index in [0.29, 0.717) is 38.3 Å². The third-order valence-electron chi connectivity index (χ3n) is 5.84. The molecule has 4 rings (SSSR count). The molecular formula is C21H21F2N3O3. The van der Waals surface area contributed by atoms with Gasteiger partial charge in [0.2, 0.25) is 5.91 Å². The summed E-state index contributed by atoms with van der Waals surface area (Å²) >= 11 is 0. The predicted molar refractivity (Wildman–Crippen MR) is 101 cm³/mol. The number of nitrogens with zero attached hydrogens (tertiary/aromatic N) is 2. The minimum Gasteiger partial charge on any atom is -0.381 e. The Labute approximate surface area is 166 Å². The first-order valence-electron chi connectivity index (χ1n) is 9.51. The zero-order chi connectivity index (χ0) is 20.4. The van der Waals surface area contributed by atoms with Crippen LogP contribution in [-0.4, -0.2) is 48.0 Å². The van der Waals surface area contributed by atoms with Crippen LogP contribution in [0.1, 0.15) is 23.2 Å². The third-order valence-corrected chi connectivity index (χ3v) is 5.84. The molecule has 0 unspecified atom stereocenters. The minimum atomic E-state index is -1.07. The summed E-state index contributed by atoms with van der Waals surface area (Å²) in [5, 5.41) is 2.88. The molecule has 0 radical (unpaired) electrons. The van der Waals surface area contributed by atoms with E-state index in [0.717, 1.165) is 12.1 Å². The molecule has 3 heterocycles. The third kappa shape index (κ3) is 3.85. The molecule has 2 saturated heterocycles. The van der Waals surface area contributed by atoms with Crippen molar-refractivity contribution in [2.45, 2.75) is 12.8 Å². The number of amides is 2. The van der Waals surface area contributed by atoms with Crippen LogP contribution < -0.4 is 5.32 Å². The monoisotopic (exact) mass is 401 g/mol. The van der Waals surface area contributed by atoms with Gasteiger partial charge in [-0.05, 0) is 43.2 Å². The van der Waals surface area contributed by atoms with Crippen LogP contribution in [0.15, 0.2) is 42.7 Å². The van der Waals surface area contributed by atoms with Crippen LogP contribution in [0.3, 0.4) is 0 Å². The van der Waals surface area contributed by atoms with Crippen molar-refractivity contribution < 1.29 is 23.1 Å². The van der Waals surface area contributed by atoms with Gasteiger partial charge in [-0.25, -0.2) is 8.78 Å². The van der Waals surface area contributed by atoms with Crippen molar-refractivity contribution in [3.8, 4) is 0 Å². The van der Waals surface area contributed by atoms with Gasteiger partial charge in [0, 0.05) is 43.5 Å². The maximum atomic E-state index is 13.6. The number of hydrogen-bond donors (Lipinski definition) is 1. The molecule has 8 heteroatoms. The number of pyridine rings is 1. The summed E-state index contributed by atoms with van der Waals surface area (Å²) in [6.45, 7) is 1.62. The second-order valence-electron chi connectivity index (χ2n) is 7.57. The fourth-order valence-corrected chi connectivity index (χ4v) is 4.25. The van der Waals surface area contributed by atoms with Gasteiger partial charge < -0.3 is 15.0 Å². The lowest BCUT2D eigenvalue weighted by molar-refractivity contribution is -0.124. The summed E-state index contributed by atoms with van der Waals surface area (Å²) in [5.74, 6) is -3.09. The molecule has 29 heavy (non-hydrogen) atoms. The van der Waals surface area contributed by atoms with Gasteiger partial charge in [0.1, 0.15) is 0 Å². The molecule has 1 aromatic carbocycles. The number of carbonyl (C=O) groups excluding carboxylic acids is 2. The van der Waals surface area contributed by atoms with Gasteiger partial charge in [-0.2, -0.15) is 0 Å². The number of benzene rings is 1. The molecule has 0 bridgehead atoms. The van der Waals surface area contributed by atoms with Crippen molar-refractivity contribution in [1.29, 1.82) is 0 Å². The minimum absolute atomic E-state index is 0.0689. The van der Waals surface area contributed by atoms with E-state index in [1.54, 1.807) is 29.4 Å². The molecule has 2 amide bonds. The van der Waals surface area contributed by atoms with Crippen molar-refractivity contribution in [1.82, 2.24) is 9.88 Å². The van der Waals surface area contributed by atoms with Gasteiger partial charge in [0.05, 0.1) is 17.8 Å². The number of rotatable bonds is 3. The molecule has 2 aliphatic rings. The molecule has 1 N–H and O–H groups in total. The lowest BCUT2D eigenvalue weighted by Crippen LogP contribution is -2.42. The lowest BCUT2D eigenvalue weighted by atomic mass is 9.71.